The van der Waals surface area contributed by atoms with Gasteiger partial charge in [0.1, 0.15) is 5.75 Å². The molecule has 2 rings (SSSR count). The van der Waals surface area contributed by atoms with Crippen LogP contribution in [0.25, 0.3) is 10.1 Å². The van der Waals surface area contributed by atoms with E-state index < -0.39 is 5.91 Å². The number of nitrogens with two attached hydrogens (primary N) is 1. The number of ether oxygens (including phenoxy) is 1. The lowest BCUT2D eigenvalue weighted by molar-refractivity contribution is 0.100. The molecule has 5 heteroatoms. The number of aryl methyl sites for hydroxylation is 1. The Bertz CT molecular complexity index is 577. The molecule has 0 unspecified atom stereocenters. The first-order valence-corrected chi connectivity index (χ1v) is 6.22. The molecule has 0 atom stereocenters. The van der Waals surface area contributed by atoms with Crippen LogP contribution in [0.4, 0.5) is 0 Å². The van der Waals surface area contributed by atoms with E-state index in [0.717, 1.165) is 19.4 Å². The van der Waals surface area contributed by atoms with E-state index in [4.69, 9.17) is 10.5 Å². The van der Waals surface area contributed by atoms with Gasteiger partial charge in [0.2, 0.25) is 5.91 Å². The van der Waals surface area contributed by atoms with Gasteiger partial charge in [0, 0.05) is 15.0 Å². The number of hydrogen-bond donors (Lipinski definition) is 1. The molecule has 3 nitrogen and oxygen atoms in total. The van der Waals surface area contributed by atoms with Crippen LogP contribution in [0.5, 0.6) is 5.75 Å². The number of carbonyl (C=O) groups excluding carboxylic acids is 1. The summed E-state index contributed by atoms with van der Waals surface area (Å²) in [5.74, 6) is 0.306. The summed E-state index contributed by atoms with van der Waals surface area (Å²) in [6.45, 7) is 1.89. The van der Waals surface area contributed by atoms with Gasteiger partial charge in [-0.2, -0.15) is 0 Å². The summed E-state index contributed by atoms with van der Waals surface area (Å²) in [4.78, 5) is 12.3. The summed E-state index contributed by atoms with van der Waals surface area (Å²) in [6.07, 6.45) is 0. The van der Waals surface area contributed by atoms with Crippen LogP contribution in [0.15, 0.2) is 16.6 Å². The molecular weight excluding hydrogens is 290 g/mol. The Morgan fingerprint density at radius 1 is 1.50 bits per heavy atom. The molecule has 0 saturated heterocycles. The molecule has 1 aromatic heterocycles. The van der Waals surface area contributed by atoms with Crippen molar-refractivity contribution < 1.29 is 9.53 Å². The first-order chi connectivity index (χ1) is 7.54. The lowest BCUT2D eigenvalue weighted by Crippen LogP contribution is -2.11. The van der Waals surface area contributed by atoms with Gasteiger partial charge in [0.25, 0.3) is 0 Å². The van der Waals surface area contributed by atoms with E-state index in [2.05, 4.69) is 15.9 Å². The second-order valence-corrected chi connectivity index (χ2v) is 5.49. The molecule has 0 aliphatic carbocycles. The van der Waals surface area contributed by atoms with Crippen molar-refractivity contribution in [1.82, 2.24) is 0 Å². The van der Waals surface area contributed by atoms with Crippen molar-refractivity contribution in [2.45, 2.75) is 6.92 Å². The number of carbonyl (C=O) groups is 1. The summed E-state index contributed by atoms with van der Waals surface area (Å²) in [5.41, 5.74) is 5.96. The van der Waals surface area contributed by atoms with E-state index in [1.165, 1.54) is 0 Å². The Balaban J connectivity index is 2.82. The normalized spacial score (nSPS) is 10.7. The van der Waals surface area contributed by atoms with Gasteiger partial charge < -0.3 is 10.5 Å². The third-order valence-corrected chi connectivity index (χ3v) is 4.07. The average molecular weight is 300 g/mol. The zero-order chi connectivity index (χ0) is 11.9. The van der Waals surface area contributed by atoms with E-state index >= 15 is 0 Å². The number of hydrogen-bond acceptors (Lipinski definition) is 3. The number of rotatable bonds is 2. The molecule has 0 saturated carbocycles. The van der Waals surface area contributed by atoms with Crippen LogP contribution in [0.3, 0.4) is 0 Å². The summed E-state index contributed by atoms with van der Waals surface area (Å²) >= 11 is 4.97. The molecule has 84 valence electrons. The SMILES string of the molecule is COc1cc2c(C(N)=O)c(C)sc2cc1Br. The highest BCUT2D eigenvalue weighted by Crippen LogP contribution is 2.37. The van der Waals surface area contributed by atoms with Crippen molar-refractivity contribution in [3.63, 3.8) is 0 Å². The smallest absolute Gasteiger partial charge is 0.250 e. The highest BCUT2D eigenvalue weighted by molar-refractivity contribution is 9.10. The van der Waals surface area contributed by atoms with Crippen LogP contribution >= 0.6 is 27.3 Å². The third-order valence-electron chi connectivity index (χ3n) is 2.38. The monoisotopic (exact) mass is 299 g/mol. The third kappa shape index (κ3) is 1.70. The van der Waals surface area contributed by atoms with Crippen LogP contribution in [0, 0.1) is 6.92 Å². The van der Waals surface area contributed by atoms with E-state index in [9.17, 15) is 4.79 Å². The van der Waals surface area contributed by atoms with Crippen LogP contribution in [0.1, 0.15) is 15.2 Å². The highest BCUT2D eigenvalue weighted by Gasteiger charge is 2.15. The number of halogens is 1. The zero-order valence-corrected chi connectivity index (χ0v) is 11.2. The van der Waals surface area contributed by atoms with Gasteiger partial charge in [-0.3, -0.25) is 4.79 Å². The van der Waals surface area contributed by atoms with Crippen molar-refractivity contribution in [2.24, 2.45) is 5.73 Å². The quantitative estimate of drug-likeness (QED) is 0.926. The molecule has 1 heterocycles. The summed E-state index contributed by atoms with van der Waals surface area (Å²) in [6, 6.07) is 3.78. The lowest BCUT2D eigenvalue weighted by Gasteiger charge is -2.03. The molecular formula is C11H10BrNO2S. The number of methoxy groups -OCH3 is 1. The van der Waals surface area contributed by atoms with E-state index in [1.54, 1.807) is 18.4 Å². The zero-order valence-electron chi connectivity index (χ0n) is 8.83. The van der Waals surface area contributed by atoms with Crippen molar-refractivity contribution in [3.05, 3.63) is 27.0 Å². The fourth-order valence-corrected chi connectivity index (χ4v) is 3.43. The van der Waals surface area contributed by atoms with Crippen LogP contribution < -0.4 is 10.5 Å². The van der Waals surface area contributed by atoms with Gasteiger partial charge in [-0.1, -0.05) is 0 Å². The van der Waals surface area contributed by atoms with Crippen molar-refractivity contribution in [3.8, 4) is 5.75 Å². The predicted octanol–water partition coefficient (Wildman–Crippen LogP) is 3.08. The predicted molar refractivity (Wildman–Crippen MR) is 69.3 cm³/mol. The molecule has 16 heavy (non-hydrogen) atoms. The summed E-state index contributed by atoms with van der Waals surface area (Å²) in [5, 5.41) is 0.857. The molecule has 2 N–H and O–H groups in total. The molecule has 2 aromatic rings. The average Bonchev–Trinajstić information content (AvgIpc) is 2.51. The largest absolute Gasteiger partial charge is 0.496 e. The van der Waals surface area contributed by atoms with Crippen molar-refractivity contribution in [1.29, 1.82) is 0 Å². The molecule has 0 aliphatic heterocycles. The Labute approximate surface area is 105 Å². The Morgan fingerprint density at radius 3 is 2.75 bits per heavy atom. The van der Waals surface area contributed by atoms with Gasteiger partial charge in [-0.25, -0.2) is 0 Å². The van der Waals surface area contributed by atoms with Crippen LogP contribution in [-0.4, -0.2) is 13.0 Å². The Kier molecular flexibility index (Phi) is 2.90. The fraction of sp³-hybridized carbons (Fsp3) is 0.182. The number of thiophene rings is 1. The maximum absolute atomic E-state index is 11.4. The number of fused-ring (bicyclic) bond motifs is 1. The van der Waals surface area contributed by atoms with Gasteiger partial charge in [0.05, 0.1) is 17.1 Å². The fourth-order valence-electron chi connectivity index (χ4n) is 1.68. The lowest BCUT2D eigenvalue weighted by atomic mass is 10.1. The molecule has 0 aliphatic rings. The molecule has 0 radical (unpaired) electrons. The number of benzene rings is 1. The van der Waals surface area contributed by atoms with Crippen LogP contribution in [0.2, 0.25) is 0 Å². The van der Waals surface area contributed by atoms with Crippen molar-refractivity contribution in [2.75, 3.05) is 7.11 Å². The maximum atomic E-state index is 11.4. The topological polar surface area (TPSA) is 52.3 Å². The highest BCUT2D eigenvalue weighted by atomic mass is 79.9. The minimum atomic E-state index is -0.395. The number of primary amides is 1. The first-order valence-electron chi connectivity index (χ1n) is 4.61. The Morgan fingerprint density at radius 2 is 2.19 bits per heavy atom. The van der Waals surface area contributed by atoms with Gasteiger partial charge in [0.15, 0.2) is 0 Å². The minimum absolute atomic E-state index is 0.395. The van der Waals surface area contributed by atoms with Gasteiger partial charge >= 0.3 is 0 Å². The van der Waals surface area contributed by atoms with Gasteiger partial charge in [-0.15, -0.1) is 11.3 Å². The summed E-state index contributed by atoms with van der Waals surface area (Å²) < 4.78 is 7.10. The maximum Gasteiger partial charge on any atom is 0.250 e. The second kappa shape index (κ2) is 4.07. The number of amides is 1. The minimum Gasteiger partial charge on any atom is -0.496 e. The molecule has 0 bridgehead atoms. The Hall–Kier alpha value is -1.07. The molecule has 1 amide bonds. The molecule has 1 aromatic carbocycles. The van der Waals surface area contributed by atoms with E-state index in [0.29, 0.717) is 11.3 Å². The first kappa shape index (κ1) is 11.4. The van der Waals surface area contributed by atoms with E-state index in [-0.39, 0.29) is 0 Å². The molecule has 0 fully saturated rings. The van der Waals surface area contributed by atoms with E-state index in [1.807, 2.05) is 19.1 Å². The standard InChI is InChI=1S/C11H10BrNO2S/c1-5-10(11(13)14)6-3-8(15-2)7(12)4-9(6)16-5/h3-4H,1-2H3,(H2,13,14). The van der Waals surface area contributed by atoms with Crippen molar-refractivity contribution >= 4 is 43.3 Å². The molecule has 0 spiro atoms. The van der Waals surface area contributed by atoms with Crippen LogP contribution in [-0.2, 0) is 0 Å². The van der Waals surface area contributed by atoms with Gasteiger partial charge in [-0.05, 0) is 35.0 Å². The summed E-state index contributed by atoms with van der Waals surface area (Å²) in [7, 11) is 1.59. The second-order valence-electron chi connectivity index (χ2n) is 3.38.